The molecule has 0 aliphatic carbocycles. The van der Waals surface area contributed by atoms with Crippen molar-refractivity contribution in [2.24, 2.45) is 0 Å². The van der Waals surface area contributed by atoms with Crippen LogP contribution in [0, 0.1) is 5.82 Å². The Kier molecular flexibility index (Phi) is 6.96. The molecule has 1 aromatic rings. The summed E-state index contributed by atoms with van der Waals surface area (Å²) in [5, 5.41) is 14.9. The van der Waals surface area contributed by atoms with Crippen molar-refractivity contribution in [3.8, 4) is 0 Å². The van der Waals surface area contributed by atoms with Gasteiger partial charge in [-0.25, -0.2) is 9.18 Å². The van der Waals surface area contributed by atoms with Crippen molar-refractivity contribution >= 4 is 17.6 Å². The number of hydrogen-bond acceptors (Lipinski definition) is 5. The maximum absolute atomic E-state index is 12.9. The number of nitrogens with one attached hydrogen (secondary N) is 2. The molecule has 0 aromatic heterocycles. The monoisotopic (exact) mass is 393 g/mol. The van der Waals surface area contributed by atoms with Crippen molar-refractivity contribution < 1.29 is 28.6 Å². The average Bonchev–Trinajstić information content (AvgIpc) is 2.71. The Morgan fingerprint density at radius 3 is 2.57 bits per heavy atom. The van der Waals surface area contributed by atoms with Crippen LogP contribution in [0.4, 0.5) is 14.9 Å². The van der Waals surface area contributed by atoms with Gasteiger partial charge in [0, 0.05) is 18.8 Å². The lowest BCUT2D eigenvalue weighted by molar-refractivity contribution is -0.139. The van der Waals surface area contributed by atoms with Crippen molar-refractivity contribution in [2.45, 2.75) is 24.7 Å². The van der Waals surface area contributed by atoms with E-state index in [-0.39, 0.29) is 18.9 Å². The van der Waals surface area contributed by atoms with Crippen LogP contribution in [0.15, 0.2) is 36.4 Å². The maximum Gasteiger partial charge on any atom is 0.319 e. The van der Waals surface area contributed by atoms with E-state index in [9.17, 15) is 19.1 Å². The summed E-state index contributed by atoms with van der Waals surface area (Å²) in [5.41, 5.74) is 0.439. The number of rotatable bonds is 5. The van der Waals surface area contributed by atoms with Gasteiger partial charge in [-0.15, -0.1) is 0 Å². The fourth-order valence-electron chi connectivity index (χ4n) is 3.10. The Labute approximate surface area is 162 Å². The lowest BCUT2D eigenvalue weighted by Gasteiger charge is -2.33. The molecule has 152 valence electrons. The van der Waals surface area contributed by atoms with Gasteiger partial charge in [0.2, 0.25) is 5.91 Å². The van der Waals surface area contributed by atoms with E-state index in [4.69, 9.17) is 9.47 Å². The van der Waals surface area contributed by atoms with Gasteiger partial charge in [0.1, 0.15) is 11.9 Å². The van der Waals surface area contributed by atoms with Crippen LogP contribution in [0.25, 0.3) is 0 Å². The number of anilines is 1. The van der Waals surface area contributed by atoms with Gasteiger partial charge in [0.25, 0.3) is 0 Å². The summed E-state index contributed by atoms with van der Waals surface area (Å²) in [6.45, 7) is 1.87. The average molecular weight is 393 g/mol. The standard InChI is InChI=1S/C19H24FN3O5/c20-13-1-3-14(4-2-13)21-19(26)22-16-6-5-15(28-17(16)12-24)11-18(25)23-7-9-27-10-8-23/h1-6,15-17,24H,7-12H2,(H2,21,22,26)/t15-,16+,17+/m1/s1. The fourth-order valence-corrected chi connectivity index (χ4v) is 3.10. The highest BCUT2D eigenvalue weighted by Crippen LogP contribution is 2.17. The Morgan fingerprint density at radius 1 is 1.18 bits per heavy atom. The molecule has 0 saturated carbocycles. The van der Waals surface area contributed by atoms with Gasteiger partial charge in [0.05, 0.1) is 38.4 Å². The molecule has 3 amide bonds. The molecule has 1 fully saturated rings. The number of aliphatic hydroxyl groups excluding tert-OH is 1. The molecule has 3 N–H and O–H groups in total. The summed E-state index contributed by atoms with van der Waals surface area (Å²) in [4.78, 5) is 26.2. The molecule has 9 heteroatoms. The smallest absolute Gasteiger partial charge is 0.319 e. The maximum atomic E-state index is 12.9. The highest BCUT2D eigenvalue weighted by Gasteiger charge is 2.30. The Hall–Kier alpha value is -2.49. The number of ether oxygens (including phenoxy) is 2. The molecule has 2 aliphatic rings. The topological polar surface area (TPSA) is 100 Å². The number of carbonyl (C=O) groups is 2. The van der Waals surface area contributed by atoms with Crippen LogP contribution in [-0.2, 0) is 14.3 Å². The summed E-state index contributed by atoms with van der Waals surface area (Å²) in [6.07, 6.45) is 2.46. The number of morpholine rings is 1. The van der Waals surface area contributed by atoms with Crippen LogP contribution in [0.5, 0.6) is 0 Å². The number of nitrogens with zero attached hydrogens (tertiary/aromatic N) is 1. The third-order valence-electron chi connectivity index (χ3n) is 4.60. The zero-order valence-corrected chi connectivity index (χ0v) is 15.3. The lowest BCUT2D eigenvalue weighted by Crippen LogP contribution is -2.50. The minimum atomic E-state index is -0.675. The molecule has 0 bridgehead atoms. The van der Waals surface area contributed by atoms with Gasteiger partial charge >= 0.3 is 6.03 Å². The van der Waals surface area contributed by atoms with Crippen molar-refractivity contribution in [3.05, 3.63) is 42.2 Å². The molecule has 28 heavy (non-hydrogen) atoms. The zero-order chi connectivity index (χ0) is 19.9. The quantitative estimate of drug-likeness (QED) is 0.645. The number of benzene rings is 1. The molecule has 1 aromatic carbocycles. The molecule has 8 nitrogen and oxygen atoms in total. The molecule has 0 unspecified atom stereocenters. The molecular formula is C19H24FN3O5. The van der Waals surface area contributed by atoms with Gasteiger partial charge < -0.3 is 30.1 Å². The molecule has 0 spiro atoms. The number of hydrogen-bond donors (Lipinski definition) is 3. The van der Waals surface area contributed by atoms with E-state index >= 15 is 0 Å². The minimum Gasteiger partial charge on any atom is -0.394 e. The van der Waals surface area contributed by atoms with E-state index < -0.39 is 30.1 Å². The van der Waals surface area contributed by atoms with E-state index in [1.54, 1.807) is 17.1 Å². The Balaban J connectivity index is 1.52. The molecule has 3 atom stereocenters. The van der Waals surface area contributed by atoms with Gasteiger partial charge in [-0.05, 0) is 24.3 Å². The van der Waals surface area contributed by atoms with Gasteiger partial charge in [-0.2, -0.15) is 0 Å². The van der Waals surface area contributed by atoms with Crippen molar-refractivity contribution in [3.63, 3.8) is 0 Å². The van der Waals surface area contributed by atoms with Gasteiger partial charge in [0.15, 0.2) is 0 Å². The second kappa shape index (κ2) is 9.63. The Bertz CT molecular complexity index is 706. The first-order valence-electron chi connectivity index (χ1n) is 9.18. The van der Waals surface area contributed by atoms with Gasteiger partial charge in [-0.1, -0.05) is 12.2 Å². The molecule has 2 aliphatic heterocycles. The normalized spacial score (nSPS) is 24.6. The molecule has 0 radical (unpaired) electrons. The summed E-state index contributed by atoms with van der Waals surface area (Å²) in [6, 6.07) is 4.31. The van der Waals surface area contributed by atoms with Gasteiger partial charge in [-0.3, -0.25) is 4.79 Å². The third-order valence-corrected chi connectivity index (χ3v) is 4.60. The summed E-state index contributed by atoms with van der Waals surface area (Å²) in [7, 11) is 0. The van der Waals surface area contributed by atoms with E-state index in [2.05, 4.69) is 10.6 Å². The largest absolute Gasteiger partial charge is 0.394 e. The summed E-state index contributed by atoms with van der Waals surface area (Å²) < 4.78 is 23.9. The molecule has 3 rings (SSSR count). The highest BCUT2D eigenvalue weighted by molar-refractivity contribution is 5.89. The SMILES string of the molecule is O=C(Nc1ccc(F)cc1)N[C@H]1C=C[C@H](CC(=O)N2CCOCC2)O[C@H]1CO. The van der Waals surface area contributed by atoms with Crippen molar-refractivity contribution in [2.75, 3.05) is 38.2 Å². The fraction of sp³-hybridized carbons (Fsp3) is 0.474. The number of urea groups is 1. The summed E-state index contributed by atoms with van der Waals surface area (Å²) >= 11 is 0. The number of amides is 3. The second-order valence-corrected chi connectivity index (χ2v) is 6.61. The zero-order valence-electron chi connectivity index (χ0n) is 15.3. The molecular weight excluding hydrogens is 369 g/mol. The highest BCUT2D eigenvalue weighted by atomic mass is 19.1. The van der Waals surface area contributed by atoms with Crippen LogP contribution in [0.2, 0.25) is 0 Å². The summed E-state index contributed by atoms with van der Waals surface area (Å²) in [5.74, 6) is -0.428. The van der Waals surface area contributed by atoms with Crippen LogP contribution in [-0.4, -0.2) is 73.1 Å². The Morgan fingerprint density at radius 2 is 1.89 bits per heavy atom. The van der Waals surface area contributed by atoms with E-state index in [0.29, 0.717) is 32.0 Å². The van der Waals surface area contributed by atoms with Crippen LogP contribution in [0.1, 0.15) is 6.42 Å². The number of carbonyl (C=O) groups excluding carboxylic acids is 2. The first kappa shape index (κ1) is 20.2. The number of halogens is 1. The van der Waals surface area contributed by atoms with E-state index in [0.717, 1.165) is 0 Å². The lowest BCUT2D eigenvalue weighted by atomic mass is 10.0. The second-order valence-electron chi connectivity index (χ2n) is 6.61. The first-order chi connectivity index (χ1) is 13.5. The predicted molar refractivity (Wildman–Crippen MR) is 99.2 cm³/mol. The first-order valence-corrected chi connectivity index (χ1v) is 9.18. The third kappa shape index (κ3) is 5.51. The molecule has 2 heterocycles. The van der Waals surface area contributed by atoms with Crippen LogP contribution >= 0.6 is 0 Å². The predicted octanol–water partition coefficient (Wildman–Crippen LogP) is 0.881. The minimum absolute atomic E-state index is 0.0323. The van der Waals surface area contributed by atoms with E-state index in [1.165, 1.54) is 24.3 Å². The van der Waals surface area contributed by atoms with Crippen LogP contribution < -0.4 is 10.6 Å². The van der Waals surface area contributed by atoms with Crippen molar-refractivity contribution in [1.29, 1.82) is 0 Å². The molecule has 1 saturated heterocycles. The number of aliphatic hydroxyl groups is 1. The van der Waals surface area contributed by atoms with Crippen molar-refractivity contribution in [1.82, 2.24) is 10.2 Å². The van der Waals surface area contributed by atoms with Crippen LogP contribution in [0.3, 0.4) is 0 Å². The van der Waals surface area contributed by atoms with E-state index in [1.807, 2.05) is 0 Å².